The molecule has 0 spiro atoms. The summed E-state index contributed by atoms with van der Waals surface area (Å²) in [6, 6.07) is 11.6. The lowest BCUT2D eigenvalue weighted by Crippen LogP contribution is -2.29. The molecular weight excluding hydrogens is 498 g/mol. The van der Waals surface area contributed by atoms with Gasteiger partial charge in [0, 0.05) is 24.4 Å². The fraction of sp³-hybridized carbons (Fsp3) is 0.357. The van der Waals surface area contributed by atoms with E-state index in [0.717, 1.165) is 41.1 Å². The number of pyridine rings is 1. The molecule has 4 heterocycles. The number of ether oxygens (including phenoxy) is 2. The van der Waals surface area contributed by atoms with Crippen LogP contribution in [0.15, 0.2) is 42.6 Å². The number of carbonyl (C=O) groups is 1. The molecule has 1 aliphatic carbocycles. The first-order valence-corrected chi connectivity index (χ1v) is 13.0. The second-order valence-corrected chi connectivity index (χ2v) is 9.94. The van der Waals surface area contributed by atoms with Crippen molar-refractivity contribution >= 4 is 11.9 Å². The quantitative estimate of drug-likeness (QED) is 0.360. The number of aromatic nitrogens is 6. The minimum Gasteiger partial charge on any atom is -0.489 e. The summed E-state index contributed by atoms with van der Waals surface area (Å²) >= 11 is 0. The van der Waals surface area contributed by atoms with Gasteiger partial charge in [-0.3, -0.25) is 4.79 Å². The first-order chi connectivity index (χ1) is 19.0. The zero-order valence-corrected chi connectivity index (χ0v) is 21.8. The number of fused-ring (bicyclic) bond motifs is 3. The van der Waals surface area contributed by atoms with Crippen LogP contribution >= 0.6 is 0 Å². The standard InChI is InChI=1S/C28H29N7O4/c1-16-23(39-19-7-5-6-17(12-19)27(36)37)11-10-21(31-16)26-22(35(2)34-33-26)14-30-28-29-13-18-15-38-24-9-4-3-8-20(24)25(18)32-28/h3-4,8-11,13,17,19H,5-7,12,14-15H2,1-2H3,(H,36,37)(H,29,30,32)/t17-,19-/m0/s1. The normalized spacial score (nSPS) is 18.0. The Labute approximate surface area is 225 Å². The van der Waals surface area contributed by atoms with E-state index >= 15 is 0 Å². The van der Waals surface area contributed by atoms with Crippen LogP contribution < -0.4 is 14.8 Å². The van der Waals surface area contributed by atoms with Gasteiger partial charge in [-0.1, -0.05) is 17.3 Å². The van der Waals surface area contributed by atoms with E-state index in [1.54, 1.807) is 10.9 Å². The average Bonchev–Trinajstić information content (AvgIpc) is 3.33. The molecule has 39 heavy (non-hydrogen) atoms. The molecule has 0 unspecified atom stereocenters. The molecule has 4 aromatic rings. The number of carboxylic acid groups (broad SMARTS) is 1. The molecule has 11 heteroatoms. The van der Waals surface area contributed by atoms with Gasteiger partial charge in [-0.05, 0) is 56.9 Å². The second kappa shape index (κ2) is 10.3. The van der Waals surface area contributed by atoms with Crippen molar-refractivity contribution in [1.29, 1.82) is 0 Å². The van der Waals surface area contributed by atoms with Gasteiger partial charge >= 0.3 is 5.97 Å². The van der Waals surface area contributed by atoms with Crippen LogP contribution in [0.25, 0.3) is 22.6 Å². The Balaban J connectivity index is 1.18. The van der Waals surface area contributed by atoms with Gasteiger partial charge in [-0.15, -0.1) is 5.10 Å². The number of nitrogens with zero attached hydrogens (tertiary/aromatic N) is 6. The Morgan fingerprint density at radius 3 is 2.90 bits per heavy atom. The van der Waals surface area contributed by atoms with Gasteiger partial charge in [-0.2, -0.15) is 0 Å². The topological polar surface area (TPSA) is 137 Å². The molecule has 1 saturated carbocycles. The van der Waals surface area contributed by atoms with Crippen LogP contribution in [0.4, 0.5) is 5.95 Å². The Bertz CT molecular complexity index is 1540. The minimum atomic E-state index is -0.753. The second-order valence-electron chi connectivity index (χ2n) is 9.94. The van der Waals surface area contributed by atoms with E-state index in [-0.39, 0.29) is 12.0 Å². The van der Waals surface area contributed by atoms with Gasteiger partial charge in [0.1, 0.15) is 23.8 Å². The molecule has 0 radical (unpaired) electrons. The van der Waals surface area contributed by atoms with Crippen LogP contribution in [0.5, 0.6) is 11.5 Å². The molecule has 3 aromatic heterocycles. The molecule has 0 bridgehead atoms. The lowest BCUT2D eigenvalue weighted by molar-refractivity contribution is -0.143. The van der Waals surface area contributed by atoms with E-state index in [2.05, 4.69) is 20.6 Å². The number of para-hydroxylation sites is 1. The highest BCUT2D eigenvalue weighted by molar-refractivity contribution is 5.72. The third-order valence-corrected chi connectivity index (χ3v) is 7.30. The lowest BCUT2D eigenvalue weighted by atomic mass is 9.87. The molecule has 2 aliphatic rings. The summed E-state index contributed by atoms with van der Waals surface area (Å²) in [5, 5.41) is 21.3. The summed E-state index contributed by atoms with van der Waals surface area (Å²) in [6.07, 6.45) is 4.56. The molecule has 200 valence electrons. The fourth-order valence-electron chi connectivity index (χ4n) is 5.17. The maximum Gasteiger partial charge on any atom is 0.306 e. The third-order valence-electron chi connectivity index (χ3n) is 7.30. The number of aliphatic carboxylic acids is 1. The molecule has 1 aliphatic heterocycles. The van der Waals surface area contributed by atoms with Gasteiger partial charge in [0.2, 0.25) is 5.95 Å². The van der Waals surface area contributed by atoms with Crippen molar-refractivity contribution in [1.82, 2.24) is 29.9 Å². The van der Waals surface area contributed by atoms with E-state index in [1.165, 1.54) is 0 Å². The molecule has 6 rings (SSSR count). The first kappa shape index (κ1) is 24.8. The fourth-order valence-corrected chi connectivity index (χ4v) is 5.17. The van der Waals surface area contributed by atoms with Crippen LogP contribution in [0.2, 0.25) is 0 Å². The summed E-state index contributed by atoms with van der Waals surface area (Å²) in [5.74, 6) is 0.861. The first-order valence-electron chi connectivity index (χ1n) is 13.0. The zero-order valence-electron chi connectivity index (χ0n) is 21.8. The Kier molecular flexibility index (Phi) is 6.55. The predicted molar refractivity (Wildman–Crippen MR) is 142 cm³/mol. The number of aryl methyl sites for hydroxylation is 2. The summed E-state index contributed by atoms with van der Waals surface area (Å²) in [4.78, 5) is 25.4. The SMILES string of the molecule is Cc1nc(-c2nnn(C)c2CNc2ncc3c(n2)-c2ccccc2OC3)ccc1O[C@H]1CCC[C@H](C(=O)O)C1. The molecular formula is C28H29N7O4. The largest absolute Gasteiger partial charge is 0.489 e. The van der Waals surface area contributed by atoms with Gasteiger partial charge in [0.05, 0.1) is 41.3 Å². The molecule has 2 atom stereocenters. The van der Waals surface area contributed by atoms with Crippen molar-refractivity contribution < 1.29 is 19.4 Å². The number of anilines is 1. The van der Waals surface area contributed by atoms with Crippen molar-refractivity contribution in [3.63, 3.8) is 0 Å². The molecule has 0 saturated heterocycles. The maximum absolute atomic E-state index is 11.4. The highest BCUT2D eigenvalue weighted by Gasteiger charge is 2.28. The van der Waals surface area contributed by atoms with Gasteiger partial charge < -0.3 is 19.9 Å². The minimum absolute atomic E-state index is 0.127. The van der Waals surface area contributed by atoms with Gasteiger partial charge in [0.15, 0.2) is 0 Å². The summed E-state index contributed by atoms with van der Waals surface area (Å²) in [5.41, 5.74) is 5.62. The molecule has 2 N–H and O–H groups in total. The van der Waals surface area contributed by atoms with Crippen molar-refractivity contribution in [3.8, 4) is 34.1 Å². The number of benzene rings is 1. The average molecular weight is 528 g/mol. The molecule has 1 fully saturated rings. The molecule has 0 amide bonds. The number of nitrogens with one attached hydrogen (secondary N) is 1. The number of hydrogen-bond acceptors (Lipinski definition) is 9. The van der Waals surface area contributed by atoms with Gasteiger partial charge in [-0.25, -0.2) is 19.6 Å². The maximum atomic E-state index is 11.4. The van der Waals surface area contributed by atoms with Crippen molar-refractivity contribution in [3.05, 3.63) is 59.5 Å². The number of hydrogen-bond donors (Lipinski definition) is 2. The van der Waals surface area contributed by atoms with Crippen LogP contribution in [0.1, 0.15) is 42.6 Å². The highest BCUT2D eigenvalue weighted by atomic mass is 16.5. The smallest absolute Gasteiger partial charge is 0.306 e. The Hall–Kier alpha value is -4.54. The van der Waals surface area contributed by atoms with Gasteiger partial charge in [0.25, 0.3) is 0 Å². The lowest BCUT2D eigenvalue weighted by Gasteiger charge is -2.27. The van der Waals surface area contributed by atoms with Crippen LogP contribution in [-0.2, 0) is 25.0 Å². The number of carboxylic acids is 1. The predicted octanol–water partition coefficient (Wildman–Crippen LogP) is 4.17. The summed E-state index contributed by atoms with van der Waals surface area (Å²) in [7, 11) is 1.83. The highest BCUT2D eigenvalue weighted by Crippen LogP contribution is 2.36. The van der Waals surface area contributed by atoms with E-state index in [0.29, 0.717) is 54.8 Å². The number of rotatable bonds is 7. The van der Waals surface area contributed by atoms with E-state index in [4.69, 9.17) is 19.4 Å². The van der Waals surface area contributed by atoms with E-state index in [1.807, 2.05) is 50.4 Å². The van der Waals surface area contributed by atoms with Crippen molar-refractivity contribution in [2.24, 2.45) is 13.0 Å². The van der Waals surface area contributed by atoms with Crippen LogP contribution in [0.3, 0.4) is 0 Å². The molecule has 1 aromatic carbocycles. The zero-order chi connectivity index (χ0) is 26.9. The Morgan fingerprint density at radius 2 is 2.05 bits per heavy atom. The van der Waals surface area contributed by atoms with E-state index in [9.17, 15) is 9.90 Å². The van der Waals surface area contributed by atoms with E-state index < -0.39 is 5.97 Å². The van der Waals surface area contributed by atoms with Crippen LogP contribution in [-0.4, -0.2) is 47.1 Å². The summed E-state index contributed by atoms with van der Waals surface area (Å²) < 4.78 is 13.7. The third kappa shape index (κ3) is 4.99. The van der Waals surface area contributed by atoms with Crippen molar-refractivity contribution in [2.75, 3.05) is 5.32 Å². The summed E-state index contributed by atoms with van der Waals surface area (Å²) in [6.45, 7) is 2.72. The Morgan fingerprint density at radius 1 is 1.18 bits per heavy atom. The monoisotopic (exact) mass is 527 g/mol. The van der Waals surface area contributed by atoms with Crippen LogP contribution in [0, 0.1) is 12.8 Å². The molecule has 11 nitrogen and oxygen atoms in total. The van der Waals surface area contributed by atoms with Crippen molar-refractivity contribution in [2.45, 2.75) is 51.9 Å².